The summed E-state index contributed by atoms with van der Waals surface area (Å²) in [7, 11) is 0. The molecule has 1 aliphatic heterocycles. The number of rotatable bonds is 7. The van der Waals surface area contributed by atoms with Crippen LogP contribution in [-0.2, 0) is 16.1 Å². The molecule has 0 saturated heterocycles. The molecule has 4 aromatic rings. The van der Waals surface area contributed by atoms with Crippen molar-refractivity contribution < 1.29 is 18.7 Å². The van der Waals surface area contributed by atoms with Gasteiger partial charge in [-0.25, -0.2) is 14.2 Å². The molecule has 0 fully saturated rings. The molecule has 3 aromatic carbocycles. The van der Waals surface area contributed by atoms with Crippen molar-refractivity contribution in [1.29, 1.82) is 0 Å². The highest BCUT2D eigenvalue weighted by atomic mass is 35.5. The normalized spacial score (nSPS) is 15.0. The van der Waals surface area contributed by atoms with Crippen LogP contribution in [0.3, 0.4) is 0 Å². The third-order valence-electron chi connectivity index (χ3n) is 6.37. The van der Waals surface area contributed by atoms with Crippen molar-refractivity contribution >= 4 is 58.2 Å². The van der Waals surface area contributed by atoms with Gasteiger partial charge in [-0.3, -0.25) is 9.36 Å². The number of halogens is 4. The molecule has 0 spiro atoms. The minimum atomic E-state index is -0.860. The number of ether oxygens (including phenoxy) is 2. The Balaban J connectivity index is 1.67. The van der Waals surface area contributed by atoms with Crippen LogP contribution in [0.2, 0.25) is 15.1 Å². The lowest BCUT2D eigenvalue weighted by Gasteiger charge is -2.25. The number of hydrogen-bond acceptors (Lipinski definition) is 6. The van der Waals surface area contributed by atoms with E-state index < -0.39 is 23.4 Å². The van der Waals surface area contributed by atoms with E-state index in [1.165, 1.54) is 16.7 Å². The van der Waals surface area contributed by atoms with E-state index in [2.05, 4.69) is 4.99 Å². The Kier molecular flexibility index (Phi) is 8.66. The Morgan fingerprint density at radius 3 is 2.56 bits per heavy atom. The average molecular weight is 632 g/mol. The zero-order valence-electron chi connectivity index (χ0n) is 21.8. The van der Waals surface area contributed by atoms with E-state index in [1.807, 2.05) is 0 Å². The largest absolute Gasteiger partial charge is 0.487 e. The Morgan fingerprint density at radius 2 is 1.83 bits per heavy atom. The first-order valence-electron chi connectivity index (χ1n) is 12.5. The van der Waals surface area contributed by atoms with E-state index in [4.69, 9.17) is 44.3 Å². The lowest BCUT2D eigenvalue weighted by Crippen LogP contribution is -2.40. The maximum absolute atomic E-state index is 14.2. The molecule has 41 heavy (non-hydrogen) atoms. The molecule has 0 unspecified atom stereocenters. The lowest BCUT2D eigenvalue weighted by molar-refractivity contribution is -0.139. The van der Waals surface area contributed by atoms with Gasteiger partial charge in [0, 0.05) is 21.2 Å². The first-order chi connectivity index (χ1) is 19.7. The number of thiazole rings is 1. The predicted molar refractivity (Wildman–Crippen MR) is 159 cm³/mol. The van der Waals surface area contributed by atoms with Crippen molar-refractivity contribution in [3.8, 4) is 5.75 Å². The molecule has 6 nitrogen and oxygen atoms in total. The van der Waals surface area contributed by atoms with Crippen molar-refractivity contribution in [1.82, 2.24) is 4.57 Å². The predicted octanol–water partition coefficient (Wildman–Crippen LogP) is 6.48. The fourth-order valence-electron chi connectivity index (χ4n) is 4.53. The molecule has 210 valence electrons. The van der Waals surface area contributed by atoms with Crippen LogP contribution < -0.4 is 19.6 Å². The molecule has 11 heteroatoms. The Labute approximate surface area is 253 Å². The fourth-order valence-corrected chi connectivity index (χ4v) is 6.37. The molecule has 1 aliphatic rings. The highest BCUT2D eigenvalue weighted by Gasteiger charge is 2.34. The molecular formula is C30H22Cl3FN2O4S. The maximum Gasteiger partial charge on any atom is 0.338 e. The summed E-state index contributed by atoms with van der Waals surface area (Å²) in [5.74, 6) is -0.769. The number of esters is 1. The SMILES string of the molecule is CCOC(=O)C1=C(C)N=c2s/c(=C\c3cc(Cl)cc(Cl)c3OCc3ccccc3F)c(=O)n2[C@@H]1c1ccccc1Cl. The topological polar surface area (TPSA) is 69.9 Å². The number of carbonyl (C=O) groups excluding carboxylic acids is 1. The molecule has 0 radical (unpaired) electrons. The number of aromatic nitrogens is 1. The monoisotopic (exact) mass is 630 g/mol. The van der Waals surface area contributed by atoms with Gasteiger partial charge in [-0.05, 0) is 49.8 Å². The summed E-state index contributed by atoms with van der Waals surface area (Å²) in [6, 6.07) is 15.5. The third-order valence-corrected chi connectivity index (χ3v) is 8.20. The van der Waals surface area contributed by atoms with E-state index in [9.17, 15) is 14.0 Å². The second kappa shape index (κ2) is 12.2. The van der Waals surface area contributed by atoms with E-state index in [0.717, 1.165) is 11.3 Å². The lowest BCUT2D eigenvalue weighted by atomic mass is 9.96. The Morgan fingerprint density at radius 1 is 1.10 bits per heavy atom. The molecule has 2 heterocycles. The molecule has 1 aromatic heterocycles. The molecule has 0 bridgehead atoms. The summed E-state index contributed by atoms with van der Waals surface area (Å²) in [5.41, 5.74) is 1.53. The van der Waals surface area contributed by atoms with Gasteiger partial charge in [-0.1, -0.05) is 82.5 Å². The fraction of sp³-hybridized carbons (Fsp3) is 0.167. The van der Waals surface area contributed by atoms with E-state index in [0.29, 0.717) is 37.2 Å². The number of hydrogen-bond donors (Lipinski definition) is 0. The maximum atomic E-state index is 14.2. The summed E-state index contributed by atoms with van der Waals surface area (Å²) < 4.78 is 27.2. The van der Waals surface area contributed by atoms with Gasteiger partial charge in [-0.15, -0.1) is 0 Å². The van der Waals surface area contributed by atoms with Crippen LogP contribution >= 0.6 is 46.1 Å². The number of carbonyl (C=O) groups is 1. The highest BCUT2D eigenvalue weighted by molar-refractivity contribution is 7.07. The summed E-state index contributed by atoms with van der Waals surface area (Å²) in [6.45, 7) is 3.46. The first kappa shape index (κ1) is 29.1. The molecule has 0 aliphatic carbocycles. The van der Waals surface area contributed by atoms with Crippen molar-refractivity contribution in [2.45, 2.75) is 26.5 Å². The van der Waals surface area contributed by atoms with Gasteiger partial charge in [0.2, 0.25) is 0 Å². The Hall–Kier alpha value is -3.43. The minimum absolute atomic E-state index is 0.0925. The van der Waals surface area contributed by atoms with Crippen molar-refractivity contribution in [3.05, 3.63) is 129 Å². The summed E-state index contributed by atoms with van der Waals surface area (Å²) in [4.78, 5) is 32.0. The molecule has 0 saturated carbocycles. The van der Waals surface area contributed by atoms with E-state index in [-0.39, 0.29) is 34.1 Å². The summed E-state index contributed by atoms with van der Waals surface area (Å²) >= 11 is 20.5. The minimum Gasteiger partial charge on any atom is -0.487 e. The number of allylic oxidation sites excluding steroid dienone is 1. The van der Waals surface area contributed by atoms with Crippen LogP contribution in [0, 0.1) is 5.82 Å². The van der Waals surface area contributed by atoms with Crippen LogP contribution in [0.4, 0.5) is 4.39 Å². The number of benzene rings is 3. The van der Waals surface area contributed by atoms with Gasteiger partial charge in [0.25, 0.3) is 5.56 Å². The summed E-state index contributed by atoms with van der Waals surface area (Å²) in [5, 5.41) is 0.901. The van der Waals surface area contributed by atoms with Crippen LogP contribution in [-0.4, -0.2) is 17.1 Å². The van der Waals surface area contributed by atoms with Gasteiger partial charge in [0.1, 0.15) is 24.2 Å². The van der Waals surface area contributed by atoms with Gasteiger partial charge in [-0.2, -0.15) is 0 Å². The molecular weight excluding hydrogens is 610 g/mol. The molecule has 0 amide bonds. The molecule has 0 N–H and O–H groups in total. The number of fused-ring (bicyclic) bond motifs is 1. The van der Waals surface area contributed by atoms with Crippen LogP contribution in [0.25, 0.3) is 6.08 Å². The van der Waals surface area contributed by atoms with E-state index >= 15 is 0 Å². The highest BCUT2D eigenvalue weighted by Crippen LogP contribution is 2.35. The standard InChI is InChI=1S/C30H22Cl3FN2O4S/c1-3-39-29(38)25-16(2)35-30-36(26(25)20-9-5-6-10-21(20)32)28(37)24(41-30)13-18-12-19(31)14-22(33)27(18)40-15-17-8-4-7-11-23(17)34/h4-14,26H,3,15H2,1-2H3/b24-13-/t26-/m1/s1. The van der Waals surface area contributed by atoms with Crippen LogP contribution in [0.1, 0.15) is 36.6 Å². The zero-order chi connectivity index (χ0) is 29.3. The Bertz CT molecular complexity index is 1880. The second-order valence-corrected chi connectivity index (χ2v) is 11.3. The van der Waals surface area contributed by atoms with Gasteiger partial charge >= 0.3 is 5.97 Å². The van der Waals surface area contributed by atoms with E-state index in [1.54, 1.807) is 68.5 Å². The molecule has 1 atom stereocenters. The van der Waals surface area contributed by atoms with Crippen molar-refractivity contribution in [2.24, 2.45) is 4.99 Å². The average Bonchev–Trinajstić information content (AvgIpc) is 3.22. The van der Waals surface area contributed by atoms with Gasteiger partial charge < -0.3 is 9.47 Å². The van der Waals surface area contributed by atoms with Gasteiger partial charge in [0.15, 0.2) is 4.80 Å². The molecule has 5 rings (SSSR count). The smallest absolute Gasteiger partial charge is 0.338 e. The first-order valence-corrected chi connectivity index (χ1v) is 14.4. The van der Waals surface area contributed by atoms with Crippen LogP contribution in [0.5, 0.6) is 5.75 Å². The summed E-state index contributed by atoms with van der Waals surface area (Å²) in [6.07, 6.45) is 1.59. The van der Waals surface area contributed by atoms with Crippen molar-refractivity contribution in [3.63, 3.8) is 0 Å². The number of nitrogens with zero attached hydrogens (tertiary/aromatic N) is 2. The quantitative estimate of drug-likeness (QED) is 0.219. The van der Waals surface area contributed by atoms with Crippen LogP contribution in [0.15, 0.2) is 81.7 Å². The third kappa shape index (κ3) is 5.83. The van der Waals surface area contributed by atoms with Crippen molar-refractivity contribution in [2.75, 3.05) is 6.61 Å². The zero-order valence-corrected chi connectivity index (χ0v) is 24.9. The van der Waals surface area contributed by atoms with Gasteiger partial charge in [0.05, 0.1) is 27.4 Å². The second-order valence-electron chi connectivity index (χ2n) is 9.01.